The zero-order valence-corrected chi connectivity index (χ0v) is 11.4. The van der Waals surface area contributed by atoms with E-state index in [1.54, 1.807) is 0 Å². The van der Waals surface area contributed by atoms with Crippen LogP contribution in [0.15, 0.2) is 0 Å². The van der Waals surface area contributed by atoms with Crippen molar-refractivity contribution in [1.29, 1.82) is 0 Å². The van der Waals surface area contributed by atoms with Crippen molar-refractivity contribution in [2.24, 2.45) is 17.6 Å². The van der Waals surface area contributed by atoms with Gasteiger partial charge in [0.1, 0.15) is 0 Å². The molecule has 2 N–H and O–H groups in total. The van der Waals surface area contributed by atoms with Crippen molar-refractivity contribution < 1.29 is 9.47 Å². The second kappa shape index (κ2) is 5.48. The SMILES string of the molecule is NC1CCCC(C2CCOC3(CCOCC3)C2)C1. The van der Waals surface area contributed by atoms with E-state index in [0.29, 0.717) is 6.04 Å². The Hall–Kier alpha value is -0.120. The van der Waals surface area contributed by atoms with E-state index in [-0.39, 0.29) is 5.60 Å². The number of hydrogen-bond donors (Lipinski definition) is 1. The van der Waals surface area contributed by atoms with E-state index in [1.165, 1.54) is 38.5 Å². The topological polar surface area (TPSA) is 44.5 Å². The lowest BCUT2D eigenvalue weighted by molar-refractivity contribution is -0.154. The summed E-state index contributed by atoms with van der Waals surface area (Å²) in [7, 11) is 0. The van der Waals surface area contributed by atoms with E-state index in [1.807, 2.05) is 0 Å². The fourth-order valence-corrected chi connectivity index (χ4v) is 4.25. The molecule has 18 heavy (non-hydrogen) atoms. The zero-order valence-electron chi connectivity index (χ0n) is 11.4. The van der Waals surface area contributed by atoms with Crippen LogP contribution in [0.5, 0.6) is 0 Å². The first-order chi connectivity index (χ1) is 8.77. The molecule has 2 heterocycles. The summed E-state index contributed by atoms with van der Waals surface area (Å²) in [5.74, 6) is 1.71. The number of ether oxygens (including phenoxy) is 2. The average molecular weight is 253 g/mol. The van der Waals surface area contributed by atoms with E-state index in [0.717, 1.165) is 44.5 Å². The normalized spacial score (nSPS) is 40.8. The molecular formula is C15H27NO2. The fraction of sp³-hybridized carbons (Fsp3) is 1.00. The molecule has 1 aliphatic carbocycles. The van der Waals surface area contributed by atoms with Crippen molar-refractivity contribution in [3.8, 4) is 0 Å². The van der Waals surface area contributed by atoms with Gasteiger partial charge in [0.15, 0.2) is 0 Å². The van der Waals surface area contributed by atoms with Crippen LogP contribution in [-0.2, 0) is 9.47 Å². The Bertz CT molecular complexity index is 270. The van der Waals surface area contributed by atoms with Crippen LogP contribution < -0.4 is 5.73 Å². The predicted molar refractivity (Wildman–Crippen MR) is 71.4 cm³/mol. The fourth-order valence-electron chi connectivity index (χ4n) is 4.25. The molecule has 3 rings (SSSR count). The minimum Gasteiger partial charge on any atom is -0.381 e. The summed E-state index contributed by atoms with van der Waals surface area (Å²) in [5.41, 5.74) is 6.31. The van der Waals surface area contributed by atoms with Gasteiger partial charge in [0.2, 0.25) is 0 Å². The van der Waals surface area contributed by atoms with Crippen molar-refractivity contribution in [3.63, 3.8) is 0 Å². The largest absolute Gasteiger partial charge is 0.381 e. The molecule has 3 nitrogen and oxygen atoms in total. The maximum atomic E-state index is 6.15. The first-order valence-electron chi connectivity index (χ1n) is 7.75. The average Bonchev–Trinajstić information content (AvgIpc) is 2.40. The molecule has 0 aromatic carbocycles. The Balaban J connectivity index is 1.62. The summed E-state index contributed by atoms with van der Waals surface area (Å²) in [5, 5.41) is 0. The lowest BCUT2D eigenvalue weighted by atomic mass is 9.70. The first-order valence-corrected chi connectivity index (χ1v) is 7.75. The molecule has 3 atom stereocenters. The highest BCUT2D eigenvalue weighted by Crippen LogP contribution is 2.43. The van der Waals surface area contributed by atoms with Gasteiger partial charge in [0.25, 0.3) is 0 Å². The lowest BCUT2D eigenvalue weighted by Gasteiger charge is -2.46. The quantitative estimate of drug-likeness (QED) is 0.781. The maximum absolute atomic E-state index is 6.15. The maximum Gasteiger partial charge on any atom is 0.0729 e. The minimum atomic E-state index is 0.155. The molecule has 0 radical (unpaired) electrons. The molecule has 3 fully saturated rings. The summed E-state index contributed by atoms with van der Waals surface area (Å²) >= 11 is 0. The van der Waals surface area contributed by atoms with E-state index >= 15 is 0 Å². The van der Waals surface area contributed by atoms with Gasteiger partial charge in [0.05, 0.1) is 5.60 Å². The third kappa shape index (κ3) is 2.73. The second-order valence-corrected chi connectivity index (χ2v) is 6.58. The molecular weight excluding hydrogens is 226 g/mol. The lowest BCUT2D eigenvalue weighted by Crippen LogP contribution is -2.46. The number of nitrogens with two attached hydrogens (primary N) is 1. The van der Waals surface area contributed by atoms with Crippen LogP contribution in [0.25, 0.3) is 0 Å². The zero-order chi connectivity index (χ0) is 12.4. The van der Waals surface area contributed by atoms with Gasteiger partial charge in [-0.25, -0.2) is 0 Å². The molecule has 0 bridgehead atoms. The monoisotopic (exact) mass is 253 g/mol. The van der Waals surface area contributed by atoms with E-state index in [2.05, 4.69) is 0 Å². The van der Waals surface area contributed by atoms with E-state index < -0.39 is 0 Å². The van der Waals surface area contributed by atoms with Gasteiger partial charge in [-0.1, -0.05) is 12.8 Å². The van der Waals surface area contributed by atoms with Crippen LogP contribution in [0.3, 0.4) is 0 Å². The van der Waals surface area contributed by atoms with Crippen molar-refractivity contribution in [3.05, 3.63) is 0 Å². The summed E-state index contributed by atoms with van der Waals surface area (Å²) in [4.78, 5) is 0. The minimum absolute atomic E-state index is 0.155. The molecule has 3 aliphatic rings. The molecule has 2 saturated heterocycles. The van der Waals surface area contributed by atoms with Gasteiger partial charge < -0.3 is 15.2 Å². The van der Waals surface area contributed by atoms with Gasteiger partial charge in [-0.2, -0.15) is 0 Å². The highest BCUT2D eigenvalue weighted by atomic mass is 16.5. The Labute approximate surface area is 110 Å². The van der Waals surface area contributed by atoms with Gasteiger partial charge >= 0.3 is 0 Å². The van der Waals surface area contributed by atoms with Crippen molar-refractivity contribution in [2.75, 3.05) is 19.8 Å². The van der Waals surface area contributed by atoms with Crippen LogP contribution in [-0.4, -0.2) is 31.5 Å². The summed E-state index contributed by atoms with van der Waals surface area (Å²) < 4.78 is 11.6. The third-order valence-corrected chi connectivity index (χ3v) is 5.36. The smallest absolute Gasteiger partial charge is 0.0729 e. The number of rotatable bonds is 1. The van der Waals surface area contributed by atoms with Crippen LogP contribution in [0, 0.1) is 11.8 Å². The Morgan fingerprint density at radius 2 is 1.78 bits per heavy atom. The molecule has 1 saturated carbocycles. The van der Waals surface area contributed by atoms with Crippen LogP contribution >= 0.6 is 0 Å². The van der Waals surface area contributed by atoms with E-state index in [9.17, 15) is 0 Å². The molecule has 104 valence electrons. The first kappa shape index (κ1) is 12.9. The van der Waals surface area contributed by atoms with Gasteiger partial charge in [-0.15, -0.1) is 0 Å². The van der Waals surface area contributed by atoms with Crippen molar-refractivity contribution >= 4 is 0 Å². The van der Waals surface area contributed by atoms with Gasteiger partial charge in [0, 0.05) is 25.9 Å². The molecule has 0 amide bonds. The van der Waals surface area contributed by atoms with Crippen molar-refractivity contribution in [1.82, 2.24) is 0 Å². The van der Waals surface area contributed by atoms with Gasteiger partial charge in [-0.3, -0.25) is 0 Å². The predicted octanol–water partition coefficient (Wildman–Crippen LogP) is 2.48. The molecule has 2 aliphatic heterocycles. The van der Waals surface area contributed by atoms with Crippen molar-refractivity contribution in [2.45, 2.75) is 63.0 Å². The summed E-state index contributed by atoms with van der Waals surface area (Å²) in [6, 6.07) is 0.456. The standard InChI is InChI=1S/C15H27NO2/c16-14-3-1-2-12(10-14)13-4-7-18-15(11-13)5-8-17-9-6-15/h12-14H,1-11,16H2. The molecule has 3 unspecified atom stereocenters. The molecule has 0 aromatic rings. The van der Waals surface area contributed by atoms with Crippen LogP contribution in [0.4, 0.5) is 0 Å². The van der Waals surface area contributed by atoms with Crippen LogP contribution in [0.1, 0.15) is 51.4 Å². The summed E-state index contributed by atoms with van der Waals surface area (Å²) in [6.45, 7) is 2.73. The summed E-state index contributed by atoms with van der Waals surface area (Å²) in [6.07, 6.45) is 9.92. The second-order valence-electron chi connectivity index (χ2n) is 6.58. The molecule has 3 heteroatoms. The highest BCUT2D eigenvalue weighted by Gasteiger charge is 2.41. The Kier molecular flexibility index (Phi) is 3.92. The highest BCUT2D eigenvalue weighted by molar-refractivity contribution is 4.92. The molecule has 0 aromatic heterocycles. The van der Waals surface area contributed by atoms with Gasteiger partial charge in [-0.05, 0) is 50.4 Å². The number of hydrogen-bond acceptors (Lipinski definition) is 3. The molecule has 1 spiro atoms. The third-order valence-electron chi connectivity index (χ3n) is 5.36. The van der Waals surface area contributed by atoms with E-state index in [4.69, 9.17) is 15.2 Å². The van der Waals surface area contributed by atoms with Crippen LogP contribution in [0.2, 0.25) is 0 Å². The Morgan fingerprint density at radius 1 is 0.944 bits per heavy atom. The Morgan fingerprint density at radius 3 is 2.56 bits per heavy atom.